The number of hydrogen-bond acceptors (Lipinski definition) is 6. The Morgan fingerprint density at radius 3 is 2.45 bits per heavy atom. The lowest BCUT2D eigenvalue weighted by molar-refractivity contribution is -0.122. The second kappa shape index (κ2) is 8.05. The Morgan fingerprint density at radius 1 is 1.28 bits per heavy atom. The van der Waals surface area contributed by atoms with Gasteiger partial charge in [0.2, 0.25) is 15.9 Å². The molecule has 2 aromatic rings. The van der Waals surface area contributed by atoms with Crippen LogP contribution >= 0.6 is 11.3 Å². The summed E-state index contributed by atoms with van der Waals surface area (Å²) in [7, 11) is -3.89. The van der Waals surface area contributed by atoms with E-state index in [0.717, 1.165) is 4.90 Å². The number of carbonyl (C=O) groups is 3. The number of amides is 3. The highest BCUT2D eigenvalue weighted by molar-refractivity contribution is 7.89. The summed E-state index contributed by atoms with van der Waals surface area (Å²) in [5.41, 5.74) is 0.238. The van der Waals surface area contributed by atoms with E-state index < -0.39 is 27.9 Å². The Balaban J connectivity index is 1.92. The van der Waals surface area contributed by atoms with Crippen LogP contribution < -0.4 is 10.0 Å². The number of anilines is 1. The van der Waals surface area contributed by atoms with Crippen LogP contribution in [0.15, 0.2) is 46.7 Å². The first-order valence-electron chi connectivity index (χ1n) is 9.01. The summed E-state index contributed by atoms with van der Waals surface area (Å²) in [6.45, 7) is 3.75. The van der Waals surface area contributed by atoms with Crippen LogP contribution in [-0.2, 0) is 19.6 Å². The van der Waals surface area contributed by atoms with Gasteiger partial charge in [-0.1, -0.05) is 13.0 Å². The summed E-state index contributed by atoms with van der Waals surface area (Å²) < 4.78 is 22.8. The van der Waals surface area contributed by atoms with Crippen LogP contribution in [0.5, 0.6) is 0 Å². The molecular weight excluding hydrogens is 414 g/mol. The van der Waals surface area contributed by atoms with Crippen LogP contribution in [0.4, 0.5) is 5.69 Å². The maximum atomic E-state index is 13.1. The van der Waals surface area contributed by atoms with Crippen LogP contribution in [0.2, 0.25) is 0 Å². The summed E-state index contributed by atoms with van der Waals surface area (Å²) in [5.74, 6) is -1.24. The molecule has 1 aromatic heterocycles. The van der Waals surface area contributed by atoms with Crippen LogP contribution in [0.25, 0.3) is 0 Å². The van der Waals surface area contributed by atoms with E-state index in [1.165, 1.54) is 40.5 Å². The molecule has 1 aliphatic rings. The SMILES string of the molecule is CCC(C)N(C(=O)c1cccs1)C1CC(=O)N(c2ccc(S(N)(=O)=O)cc2)C1=O. The number of nitrogens with zero attached hydrogens (tertiary/aromatic N) is 2. The highest BCUT2D eigenvalue weighted by Crippen LogP contribution is 2.29. The molecule has 2 atom stereocenters. The number of thiophene rings is 1. The smallest absolute Gasteiger partial charge is 0.264 e. The molecule has 10 heteroatoms. The van der Waals surface area contributed by atoms with E-state index in [1.807, 2.05) is 13.8 Å². The number of sulfonamides is 1. The number of primary sulfonamides is 1. The summed E-state index contributed by atoms with van der Waals surface area (Å²) in [6, 6.07) is 7.48. The molecule has 3 rings (SSSR count). The summed E-state index contributed by atoms with van der Waals surface area (Å²) in [4.78, 5) is 41.6. The molecule has 0 saturated carbocycles. The zero-order valence-corrected chi connectivity index (χ0v) is 17.6. The van der Waals surface area contributed by atoms with Gasteiger partial charge in [-0.2, -0.15) is 0 Å². The maximum Gasteiger partial charge on any atom is 0.264 e. The van der Waals surface area contributed by atoms with Gasteiger partial charge >= 0.3 is 0 Å². The van der Waals surface area contributed by atoms with Gasteiger partial charge in [0.05, 0.1) is 21.9 Å². The maximum absolute atomic E-state index is 13.1. The van der Waals surface area contributed by atoms with E-state index in [4.69, 9.17) is 5.14 Å². The number of benzene rings is 1. The number of imide groups is 1. The molecule has 0 radical (unpaired) electrons. The monoisotopic (exact) mass is 435 g/mol. The van der Waals surface area contributed by atoms with Crippen LogP contribution in [0.1, 0.15) is 36.4 Å². The minimum atomic E-state index is -3.89. The van der Waals surface area contributed by atoms with Crippen molar-refractivity contribution in [2.45, 2.75) is 43.7 Å². The van der Waals surface area contributed by atoms with Crippen molar-refractivity contribution in [1.82, 2.24) is 4.90 Å². The molecule has 154 valence electrons. The third kappa shape index (κ3) is 4.09. The minimum absolute atomic E-state index is 0.119. The minimum Gasteiger partial charge on any atom is -0.323 e. The zero-order valence-electron chi connectivity index (χ0n) is 15.9. The van der Waals surface area contributed by atoms with E-state index in [-0.39, 0.29) is 29.0 Å². The highest BCUT2D eigenvalue weighted by atomic mass is 32.2. The molecule has 1 aliphatic heterocycles. The average Bonchev–Trinajstić information content (AvgIpc) is 3.30. The molecule has 8 nitrogen and oxygen atoms in total. The third-order valence-corrected chi connectivity index (χ3v) is 6.70. The fraction of sp³-hybridized carbons (Fsp3) is 0.316. The predicted molar refractivity (Wildman–Crippen MR) is 109 cm³/mol. The van der Waals surface area contributed by atoms with Crippen molar-refractivity contribution in [2.75, 3.05) is 4.90 Å². The molecule has 0 spiro atoms. The Labute approximate surface area is 173 Å². The standard InChI is InChI=1S/C19H21N3O5S2/c1-3-12(2)21(19(25)16-5-4-10-28-16)15-11-17(23)22(18(15)24)13-6-8-14(9-7-13)29(20,26)27/h4-10,12,15H,3,11H2,1-2H3,(H2,20,26,27). The van der Waals surface area contributed by atoms with E-state index >= 15 is 0 Å². The van der Waals surface area contributed by atoms with Gasteiger partial charge < -0.3 is 4.90 Å². The third-order valence-electron chi connectivity index (χ3n) is 4.91. The Kier molecular flexibility index (Phi) is 5.87. The Morgan fingerprint density at radius 2 is 1.93 bits per heavy atom. The molecule has 0 bridgehead atoms. The van der Waals surface area contributed by atoms with Crippen molar-refractivity contribution >= 4 is 44.8 Å². The molecule has 3 amide bonds. The zero-order chi connectivity index (χ0) is 21.3. The van der Waals surface area contributed by atoms with Crippen molar-refractivity contribution < 1.29 is 22.8 Å². The van der Waals surface area contributed by atoms with Crippen LogP contribution in [0.3, 0.4) is 0 Å². The first-order valence-corrected chi connectivity index (χ1v) is 11.4. The quantitative estimate of drug-likeness (QED) is 0.696. The van der Waals surface area contributed by atoms with Gasteiger partial charge in [-0.05, 0) is 49.1 Å². The fourth-order valence-corrected chi connectivity index (χ4v) is 4.44. The van der Waals surface area contributed by atoms with Crippen molar-refractivity contribution in [3.63, 3.8) is 0 Å². The molecule has 2 N–H and O–H groups in total. The van der Waals surface area contributed by atoms with Crippen LogP contribution in [-0.4, -0.2) is 43.1 Å². The van der Waals surface area contributed by atoms with E-state index in [0.29, 0.717) is 11.3 Å². The number of carbonyl (C=O) groups excluding carboxylic acids is 3. The second-order valence-electron chi connectivity index (χ2n) is 6.77. The second-order valence-corrected chi connectivity index (χ2v) is 9.28. The van der Waals surface area contributed by atoms with E-state index in [9.17, 15) is 22.8 Å². The first-order chi connectivity index (χ1) is 13.6. The fourth-order valence-electron chi connectivity index (χ4n) is 3.26. The lowest BCUT2D eigenvalue weighted by atomic mass is 10.1. The van der Waals surface area contributed by atoms with Gasteiger partial charge in [-0.3, -0.25) is 14.4 Å². The van der Waals surface area contributed by atoms with Gasteiger partial charge in [-0.25, -0.2) is 18.5 Å². The van der Waals surface area contributed by atoms with Gasteiger partial charge in [-0.15, -0.1) is 11.3 Å². The number of nitrogens with two attached hydrogens (primary N) is 1. The topological polar surface area (TPSA) is 118 Å². The van der Waals surface area contributed by atoms with Crippen LogP contribution in [0, 0.1) is 0 Å². The summed E-state index contributed by atoms with van der Waals surface area (Å²) in [5, 5.41) is 6.87. The Hall–Kier alpha value is -2.56. The van der Waals surface area contributed by atoms with Gasteiger partial charge in [0.1, 0.15) is 6.04 Å². The average molecular weight is 436 g/mol. The molecule has 1 saturated heterocycles. The number of hydrogen-bond donors (Lipinski definition) is 1. The summed E-state index contributed by atoms with van der Waals surface area (Å²) >= 11 is 1.28. The first kappa shape index (κ1) is 21.2. The Bertz CT molecular complexity index is 1030. The van der Waals surface area contributed by atoms with Crippen molar-refractivity contribution in [2.24, 2.45) is 5.14 Å². The molecule has 29 heavy (non-hydrogen) atoms. The largest absolute Gasteiger partial charge is 0.323 e. The van der Waals surface area contributed by atoms with Gasteiger partial charge in [0.25, 0.3) is 11.8 Å². The molecule has 1 fully saturated rings. The lowest BCUT2D eigenvalue weighted by Gasteiger charge is -2.32. The lowest BCUT2D eigenvalue weighted by Crippen LogP contribution is -2.49. The molecule has 2 unspecified atom stereocenters. The van der Waals surface area contributed by atoms with Crippen molar-refractivity contribution in [3.05, 3.63) is 46.7 Å². The molecule has 2 heterocycles. The summed E-state index contributed by atoms with van der Waals surface area (Å²) in [6.07, 6.45) is 0.495. The highest BCUT2D eigenvalue weighted by Gasteiger charge is 2.45. The van der Waals surface area contributed by atoms with Crippen molar-refractivity contribution in [3.8, 4) is 0 Å². The van der Waals surface area contributed by atoms with E-state index in [1.54, 1.807) is 17.5 Å². The van der Waals surface area contributed by atoms with E-state index in [2.05, 4.69) is 0 Å². The number of rotatable bonds is 6. The molecule has 1 aromatic carbocycles. The molecular formula is C19H21N3O5S2. The van der Waals surface area contributed by atoms with Crippen molar-refractivity contribution in [1.29, 1.82) is 0 Å². The normalized spacial score (nSPS) is 18.2. The van der Waals surface area contributed by atoms with Gasteiger partial charge in [0.15, 0.2) is 0 Å². The van der Waals surface area contributed by atoms with Gasteiger partial charge in [0, 0.05) is 6.04 Å². The predicted octanol–water partition coefficient (Wildman–Crippen LogP) is 1.97. The molecule has 0 aliphatic carbocycles.